The zero-order valence-corrected chi connectivity index (χ0v) is 6.54. The fraction of sp³-hybridized carbons (Fsp3) is 0. The van der Waals surface area contributed by atoms with Gasteiger partial charge in [0.15, 0.2) is 0 Å². The molecule has 0 amide bonds. The Morgan fingerprint density at radius 1 is 1.50 bits per heavy atom. The summed E-state index contributed by atoms with van der Waals surface area (Å²) in [5, 5.41) is 9.97. The van der Waals surface area contributed by atoms with Crippen molar-refractivity contribution < 1.29 is 14.7 Å². The lowest BCUT2D eigenvalue weighted by atomic mass is 10.2. The smallest absolute Gasteiger partial charge is 0.211 e. The van der Waals surface area contributed by atoms with Crippen LogP contribution in [0.2, 0.25) is 5.15 Å². The van der Waals surface area contributed by atoms with Crippen LogP contribution in [0.1, 0.15) is 10.4 Å². The molecule has 0 saturated heterocycles. The molecule has 1 aromatic heterocycles. The van der Waals surface area contributed by atoms with Crippen LogP contribution in [-0.2, 0) is 4.79 Å². The van der Waals surface area contributed by atoms with Crippen LogP contribution < -0.4 is 5.11 Å². The topological polar surface area (TPSA) is 70.1 Å². The van der Waals surface area contributed by atoms with Gasteiger partial charge in [-0.15, -0.1) is 0 Å². The molecule has 0 saturated carbocycles. The van der Waals surface area contributed by atoms with E-state index < -0.39 is 11.8 Å². The van der Waals surface area contributed by atoms with E-state index in [1.807, 2.05) is 0 Å². The van der Waals surface area contributed by atoms with Crippen LogP contribution in [0.25, 0.3) is 0 Å². The Bertz CT molecular complexity index is 337. The molecular weight excluding hydrogens is 182 g/mol. The minimum absolute atomic E-state index is 0.133. The third kappa shape index (κ3) is 1.60. The number of Topliss-reactive ketones (excluding diaryl/α,β-unsaturated/α-hetero) is 1. The number of nitrogens with zero attached hydrogens (tertiary/aromatic N) is 1. The third-order valence-electron chi connectivity index (χ3n) is 1.19. The Labute approximate surface area is 72.8 Å². The summed E-state index contributed by atoms with van der Waals surface area (Å²) in [6, 6.07) is 2.69. The van der Waals surface area contributed by atoms with Crippen molar-refractivity contribution in [2.45, 2.75) is 0 Å². The van der Waals surface area contributed by atoms with Gasteiger partial charge in [-0.1, -0.05) is 11.6 Å². The number of carbonyl (C=O) groups excluding carboxylic acids is 2. The summed E-state index contributed by atoms with van der Waals surface area (Å²) in [6.07, 6.45) is 1.36. The van der Waals surface area contributed by atoms with Crippen LogP contribution in [-0.4, -0.2) is 16.7 Å². The highest BCUT2D eigenvalue weighted by atomic mass is 35.5. The predicted octanol–water partition coefficient (Wildman–Crippen LogP) is -0.332. The van der Waals surface area contributed by atoms with Crippen molar-refractivity contribution in [3.05, 3.63) is 29.0 Å². The average Bonchev–Trinajstić information content (AvgIpc) is 2.04. The molecule has 62 valence electrons. The van der Waals surface area contributed by atoms with Crippen LogP contribution in [0.4, 0.5) is 0 Å². The largest absolute Gasteiger partial charge is 0.541 e. The number of aliphatic carboxylic acids is 1. The van der Waals surface area contributed by atoms with Crippen LogP contribution in [0.15, 0.2) is 18.3 Å². The Morgan fingerprint density at radius 2 is 2.17 bits per heavy atom. The lowest BCUT2D eigenvalue weighted by Gasteiger charge is -2.01. The van der Waals surface area contributed by atoms with Gasteiger partial charge in [-0.05, 0) is 12.1 Å². The first-order valence-corrected chi connectivity index (χ1v) is 3.37. The van der Waals surface area contributed by atoms with E-state index in [2.05, 4.69) is 4.98 Å². The summed E-state index contributed by atoms with van der Waals surface area (Å²) in [7, 11) is 0. The van der Waals surface area contributed by atoms with Gasteiger partial charge < -0.3 is 9.90 Å². The second-order valence-corrected chi connectivity index (χ2v) is 2.32. The monoisotopic (exact) mass is 184 g/mol. The number of pyridine rings is 1. The molecule has 0 aliphatic rings. The summed E-state index contributed by atoms with van der Waals surface area (Å²) in [5.41, 5.74) is -0.154. The summed E-state index contributed by atoms with van der Waals surface area (Å²) in [4.78, 5) is 24.4. The van der Waals surface area contributed by atoms with Crippen molar-refractivity contribution in [3.63, 3.8) is 0 Å². The van der Waals surface area contributed by atoms with Gasteiger partial charge in [-0.25, -0.2) is 4.98 Å². The van der Waals surface area contributed by atoms with E-state index in [0.29, 0.717) is 0 Å². The molecule has 1 aromatic rings. The van der Waals surface area contributed by atoms with Gasteiger partial charge in [0.1, 0.15) is 11.1 Å². The van der Waals surface area contributed by atoms with Crippen LogP contribution in [0.3, 0.4) is 0 Å². The zero-order valence-electron chi connectivity index (χ0n) is 5.78. The van der Waals surface area contributed by atoms with Crippen LogP contribution >= 0.6 is 11.6 Å². The molecule has 0 unspecified atom stereocenters. The quantitative estimate of drug-likeness (QED) is 0.359. The maximum atomic E-state index is 10.8. The minimum atomic E-state index is -1.79. The van der Waals surface area contributed by atoms with Crippen molar-refractivity contribution in [1.29, 1.82) is 0 Å². The van der Waals surface area contributed by atoms with E-state index in [0.717, 1.165) is 0 Å². The van der Waals surface area contributed by atoms with Crippen molar-refractivity contribution in [1.82, 2.24) is 4.98 Å². The van der Waals surface area contributed by atoms with Crippen molar-refractivity contribution in [2.24, 2.45) is 0 Å². The number of rotatable bonds is 2. The highest BCUT2D eigenvalue weighted by Crippen LogP contribution is 2.11. The van der Waals surface area contributed by atoms with Gasteiger partial charge in [0, 0.05) is 6.20 Å². The van der Waals surface area contributed by atoms with Crippen molar-refractivity contribution >= 4 is 23.4 Å². The Balaban J connectivity index is 3.11. The highest BCUT2D eigenvalue weighted by molar-refractivity contribution is 6.43. The van der Waals surface area contributed by atoms with E-state index in [4.69, 9.17) is 11.6 Å². The predicted molar refractivity (Wildman–Crippen MR) is 38.6 cm³/mol. The van der Waals surface area contributed by atoms with Gasteiger partial charge in [0.2, 0.25) is 5.78 Å². The number of hydrogen-bond acceptors (Lipinski definition) is 4. The summed E-state index contributed by atoms with van der Waals surface area (Å²) in [5.74, 6) is -2.95. The molecule has 0 fully saturated rings. The maximum Gasteiger partial charge on any atom is 0.211 e. The molecule has 0 N–H and O–H groups in total. The number of carboxylic acids is 1. The number of aromatic nitrogens is 1. The number of halogens is 1. The summed E-state index contributed by atoms with van der Waals surface area (Å²) >= 11 is 5.44. The lowest BCUT2D eigenvalue weighted by Crippen LogP contribution is -2.31. The highest BCUT2D eigenvalue weighted by Gasteiger charge is 2.10. The van der Waals surface area contributed by atoms with E-state index in [1.54, 1.807) is 0 Å². The molecule has 0 spiro atoms. The molecular formula is C7H3ClNO3-. The standard InChI is InChI=1S/C7H4ClNO3/c8-6-4(2-1-3-9-6)5(10)7(11)12/h1-3H,(H,11,12)/p-1. The molecule has 5 heteroatoms. The van der Waals surface area contributed by atoms with E-state index in [-0.39, 0.29) is 10.7 Å². The van der Waals surface area contributed by atoms with Crippen molar-refractivity contribution in [2.75, 3.05) is 0 Å². The summed E-state index contributed by atoms with van der Waals surface area (Å²) < 4.78 is 0. The van der Waals surface area contributed by atoms with Crippen molar-refractivity contribution in [3.8, 4) is 0 Å². The number of carbonyl (C=O) groups is 2. The Kier molecular flexibility index (Phi) is 2.40. The van der Waals surface area contributed by atoms with E-state index in [9.17, 15) is 14.7 Å². The second-order valence-electron chi connectivity index (χ2n) is 1.96. The Hall–Kier alpha value is -1.42. The van der Waals surface area contributed by atoms with E-state index in [1.165, 1.54) is 18.3 Å². The van der Waals surface area contributed by atoms with Crippen LogP contribution in [0.5, 0.6) is 0 Å². The van der Waals surface area contributed by atoms with Crippen LogP contribution in [0, 0.1) is 0 Å². The number of carboxylic acid groups (broad SMARTS) is 1. The molecule has 0 aliphatic carbocycles. The van der Waals surface area contributed by atoms with Gasteiger partial charge in [0.25, 0.3) is 0 Å². The van der Waals surface area contributed by atoms with Gasteiger partial charge in [-0.3, -0.25) is 4.79 Å². The minimum Gasteiger partial charge on any atom is -0.541 e. The molecule has 12 heavy (non-hydrogen) atoms. The first-order chi connectivity index (χ1) is 5.63. The molecule has 0 radical (unpaired) electrons. The fourth-order valence-electron chi connectivity index (χ4n) is 0.665. The normalized spacial score (nSPS) is 9.42. The molecule has 4 nitrogen and oxygen atoms in total. The summed E-state index contributed by atoms with van der Waals surface area (Å²) in [6.45, 7) is 0. The van der Waals surface area contributed by atoms with E-state index >= 15 is 0 Å². The number of ketones is 1. The first kappa shape index (κ1) is 8.67. The maximum absolute atomic E-state index is 10.8. The lowest BCUT2D eigenvalue weighted by molar-refractivity contribution is -0.296. The number of hydrogen-bond donors (Lipinski definition) is 0. The van der Waals surface area contributed by atoms with Gasteiger partial charge >= 0.3 is 0 Å². The molecule has 0 aromatic carbocycles. The molecule has 1 rings (SSSR count). The zero-order chi connectivity index (χ0) is 9.14. The SMILES string of the molecule is O=C([O-])C(=O)c1cccnc1Cl. The second kappa shape index (κ2) is 3.32. The fourth-order valence-corrected chi connectivity index (χ4v) is 0.871. The molecule has 0 atom stereocenters. The third-order valence-corrected chi connectivity index (χ3v) is 1.49. The Morgan fingerprint density at radius 3 is 2.67 bits per heavy atom. The average molecular weight is 185 g/mol. The van der Waals surface area contributed by atoms with Gasteiger partial charge in [-0.2, -0.15) is 0 Å². The first-order valence-electron chi connectivity index (χ1n) is 2.99. The molecule has 1 heterocycles. The molecule has 0 bridgehead atoms. The molecule has 0 aliphatic heterocycles. The van der Waals surface area contributed by atoms with Gasteiger partial charge in [0.05, 0.1) is 5.56 Å².